The molecule has 0 aliphatic heterocycles. The van der Waals surface area contributed by atoms with Gasteiger partial charge in [-0.2, -0.15) is 0 Å². The van der Waals surface area contributed by atoms with E-state index in [1.807, 2.05) is 0 Å². The summed E-state index contributed by atoms with van der Waals surface area (Å²) < 4.78 is 5.05. The Hall–Kier alpha value is -0.340. The zero-order chi connectivity index (χ0) is 8.27. The van der Waals surface area contributed by atoms with Crippen molar-refractivity contribution >= 4 is 0 Å². The van der Waals surface area contributed by atoms with Gasteiger partial charge >= 0.3 is 0 Å². The van der Waals surface area contributed by atoms with Crippen LogP contribution in [0.15, 0.2) is 11.6 Å². The predicted octanol–water partition coefficient (Wildman–Crippen LogP) is 1.32. The van der Waals surface area contributed by atoms with Crippen LogP contribution in [0.3, 0.4) is 0 Å². The van der Waals surface area contributed by atoms with E-state index in [0.29, 0.717) is 0 Å². The van der Waals surface area contributed by atoms with E-state index in [1.54, 1.807) is 7.11 Å². The summed E-state index contributed by atoms with van der Waals surface area (Å²) in [6, 6.07) is 0.254. The molecule has 0 saturated carbocycles. The minimum Gasteiger partial charge on any atom is -0.380 e. The van der Waals surface area contributed by atoms with Crippen LogP contribution in [0.25, 0.3) is 0 Å². The summed E-state index contributed by atoms with van der Waals surface area (Å²) in [6.07, 6.45) is 4.41. The van der Waals surface area contributed by atoms with Gasteiger partial charge in [-0.25, -0.2) is 0 Å². The molecule has 2 unspecified atom stereocenters. The molecule has 0 aromatic heterocycles. The third kappa shape index (κ3) is 2.64. The second kappa shape index (κ2) is 3.88. The smallest absolute Gasteiger partial charge is 0.0673 e. The Labute approximate surface area is 68.4 Å². The zero-order valence-electron chi connectivity index (χ0n) is 7.34. The lowest BCUT2D eigenvalue weighted by atomic mass is 9.88. The molecule has 1 aliphatic rings. The second-order valence-corrected chi connectivity index (χ2v) is 3.47. The lowest BCUT2D eigenvalue weighted by molar-refractivity contribution is 0.217. The maximum atomic E-state index is 5.81. The summed E-state index contributed by atoms with van der Waals surface area (Å²) >= 11 is 0. The molecule has 0 heterocycles. The molecule has 64 valence electrons. The van der Waals surface area contributed by atoms with Gasteiger partial charge in [-0.3, -0.25) is 0 Å². The Bertz CT molecular complexity index is 154. The molecule has 11 heavy (non-hydrogen) atoms. The van der Waals surface area contributed by atoms with Gasteiger partial charge in [-0.1, -0.05) is 13.0 Å². The summed E-state index contributed by atoms with van der Waals surface area (Å²) in [4.78, 5) is 0. The molecular weight excluding hydrogens is 138 g/mol. The molecule has 0 radical (unpaired) electrons. The fourth-order valence-corrected chi connectivity index (χ4v) is 1.73. The second-order valence-electron chi connectivity index (χ2n) is 3.47. The minimum absolute atomic E-state index is 0.254. The Morgan fingerprint density at radius 2 is 2.45 bits per heavy atom. The highest BCUT2D eigenvalue weighted by molar-refractivity contribution is 5.11. The first-order chi connectivity index (χ1) is 5.22. The Balaban J connectivity index is 2.49. The Kier molecular flexibility index (Phi) is 3.09. The maximum Gasteiger partial charge on any atom is 0.0673 e. The largest absolute Gasteiger partial charge is 0.380 e. The highest BCUT2D eigenvalue weighted by Gasteiger charge is 2.15. The van der Waals surface area contributed by atoms with Crippen molar-refractivity contribution in [2.75, 3.05) is 13.7 Å². The van der Waals surface area contributed by atoms with Crippen molar-refractivity contribution in [1.29, 1.82) is 0 Å². The highest BCUT2D eigenvalue weighted by atomic mass is 16.5. The molecule has 0 amide bonds. The van der Waals surface area contributed by atoms with E-state index in [9.17, 15) is 0 Å². The van der Waals surface area contributed by atoms with Crippen LogP contribution in [0.2, 0.25) is 0 Å². The maximum absolute atomic E-state index is 5.81. The van der Waals surface area contributed by atoms with Gasteiger partial charge in [0, 0.05) is 13.2 Å². The van der Waals surface area contributed by atoms with Crippen LogP contribution in [-0.2, 0) is 4.74 Å². The average Bonchev–Trinajstić information content (AvgIpc) is 1.85. The molecule has 0 fully saturated rings. The van der Waals surface area contributed by atoms with E-state index in [2.05, 4.69) is 13.0 Å². The van der Waals surface area contributed by atoms with E-state index in [-0.39, 0.29) is 6.04 Å². The molecule has 0 aromatic carbocycles. The van der Waals surface area contributed by atoms with Crippen LogP contribution in [-0.4, -0.2) is 19.8 Å². The van der Waals surface area contributed by atoms with E-state index in [1.165, 1.54) is 5.57 Å². The molecule has 2 N–H and O–H groups in total. The topological polar surface area (TPSA) is 35.2 Å². The Morgan fingerprint density at radius 1 is 1.73 bits per heavy atom. The first-order valence-corrected chi connectivity index (χ1v) is 4.16. The Morgan fingerprint density at radius 3 is 3.00 bits per heavy atom. The molecular formula is C9H17NO. The van der Waals surface area contributed by atoms with Crippen LogP contribution in [0.5, 0.6) is 0 Å². The van der Waals surface area contributed by atoms with Crippen LogP contribution in [0.1, 0.15) is 19.8 Å². The highest BCUT2D eigenvalue weighted by Crippen LogP contribution is 2.22. The standard InChI is InChI=1S/C9H17NO/c1-7-3-8(6-11-2)5-9(10)4-7/h5,7,9H,3-4,6,10H2,1-2H3. The van der Waals surface area contributed by atoms with Crippen LogP contribution in [0.4, 0.5) is 0 Å². The molecule has 0 saturated heterocycles. The quantitative estimate of drug-likeness (QED) is 0.610. The number of nitrogens with two attached hydrogens (primary N) is 1. The first-order valence-electron chi connectivity index (χ1n) is 4.16. The summed E-state index contributed by atoms with van der Waals surface area (Å²) in [5.41, 5.74) is 7.17. The van der Waals surface area contributed by atoms with Crippen molar-refractivity contribution in [3.63, 3.8) is 0 Å². The summed E-state index contributed by atoms with van der Waals surface area (Å²) in [6.45, 7) is 2.99. The summed E-state index contributed by atoms with van der Waals surface area (Å²) in [5.74, 6) is 0.722. The van der Waals surface area contributed by atoms with Crippen molar-refractivity contribution in [2.24, 2.45) is 11.7 Å². The molecule has 1 rings (SSSR count). The monoisotopic (exact) mass is 155 g/mol. The van der Waals surface area contributed by atoms with E-state index < -0.39 is 0 Å². The van der Waals surface area contributed by atoms with Crippen molar-refractivity contribution in [2.45, 2.75) is 25.8 Å². The first kappa shape index (κ1) is 8.75. The van der Waals surface area contributed by atoms with Crippen molar-refractivity contribution in [1.82, 2.24) is 0 Å². The van der Waals surface area contributed by atoms with Crippen LogP contribution >= 0.6 is 0 Å². The van der Waals surface area contributed by atoms with E-state index in [0.717, 1.165) is 25.4 Å². The molecule has 1 aliphatic carbocycles. The molecule has 2 heteroatoms. The van der Waals surface area contributed by atoms with Gasteiger partial charge in [0.1, 0.15) is 0 Å². The molecule has 0 spiro atoms. The predicted molar refractivity (Wildman–Crippen MR) is 46.3 cm³/mol. The zero-order valence-corrected chi connectivity index (χ0v) is 7.34. The lowest BCUT2D eigenvalue weighted by Gasteiger charge is -2.23. The molecule has 0 aromatic rings. The van der Waals surface area contributed by atoms with Gasteiger partial charge in [0.15, 0.2) is 0 Å². The van der Waals surface area contributed by atoms with Crippen molar-refractivity contribution < 1.29 is 4.74 Å². The third-order valence-electron chi connectivity index (χ3n) is 2.06. The molecule has 2 nitrogen and oxygen atoms in total. The number of methoxy groups -OCH3 is 1. The van der Waals surface area contributed by atoms with E-state index >= 15 is 0 Å². The van der Waals surface area contributed by atoms with Crippen molar-refractivity contribution in [3.8, 4) is 0 Å². The van der Waals surface area contributed by atoms with Gasteiger partial charge in [-0.05, 0) is 24.3 Å². The van der Waals surface area contributed by atoms with Crippen LogP contribution in [0, 0.1) is 5.92 Å². The molecule has 2 atom stereocenters. The third-order valence-corrected chi connectivity index (χ3v) is 2.06. The number of ether oxygens (including phenoxy) is 1. The number of hydrogen-bond donors (Lipinski definition) is 1. The molecule has 0 bridgehead atoms. The van der Waals surface area contributed by atoms with Gasteiger partial charge in [0.25, 0.3) is 0 Å². The van der Waals surface area contributed by atoms with Gasteiger partial charge < -0.3 is 10.5 Å². The van der Waals surface area contributed by atoms with Crippen molar-refractivity contribution in [3.05, 3.63) is 11.6 Å². The van der Waals surface area contributed by atoms with Crippen LogP contribution < -0.4 is 5.73 Å². The van der Waals surface area contributed by atoms with Gasteiger partial charge in [-0.15, -0.1) is 0 Å². The fraction of sp³-hybridized carbons (Fsp3) is 0.778. The van der Waals surface area contributed by atoms with Gasteiger partial charge in [0.05, 0.1) is 6.61 Å². The normalized spacial score (nSPS) is 31.7. The lowest BCUT2D eigenvalue weighted by Crippen LogP contribution is -2.25. The summed E-state index contributed by atoms with van der Waals surface area (Å²) in [7, 11) is 1.73. The minimum atomic E-state index is 0.254. The fourth-order valence-electron chi connectivity index (χ4n) is 1.73. The number of hydrogen-bond acceptors (Lipinski definition) is 2. The van der Waals surface area contributed by atoms with E-state index in [4.69, 9.17) is 10.5 Å². The average molecular weight is 155 g/mol. The SMILES string of the molecule is COCC1=CC(N)CC(C)C1. The number of rotatable bonds is 2. The van der Waals surface area contributed by atoms with Gasteiger partial charge in [0.2, 0.25) is 0 Å². The summed E-state index contributed by atoms with van der Waals surface area (Å²) in [5, 5.41) is 0.